The summed E-state index contributed by atoms with van der Waals surface area (Å²) in [4.78, 5) is 0. The van der Waals surface area contributed by atoms with E-state index < -0.39 is 0 Å². The van der Waals surface area contributed by atoms with Gasteiger partial charge < -0.3 is 19.4 Å². The molecule has 0 bridgehead atoms. The third-order valence-corrected chi connectivity index (χ3v) is 2.48. The Kier molecular flexibility index (Phi) is 1.48. The minimum absolute atomic E-state index is 0.152. The smallest absolute Gasteiger partial charge is 0.169 e. The van der Waals surface area contributed by atoms with Crippen molar-refractivity contribution in [1.29, 1.82) is 0 Å². The van der Waals surface area contributed by atoms with Crippen molar-refractivity contribution >= 4 is 17.0 Å². The van der Waals surface area contributed by atoms with Crippen molar-refractivity contribution in [2.45, 2.75) is 6.61 Å². The molecule has 1 aliphatic rings. The van der Waals surface area contributed by atoms with E-state index in [2.05, 4.69) is 0 Å². The van der Waals surface area contributed by atoms with Gasteiger partial charge in [0.05, 0.1) is 11.6 Å². The summed E-state index contributed by atoms with van der Waals surface area (Å²) in [7, 11) is 0. The Morgan fingerprint density at radius 1 is 1.20 bits per heavy atom. The lowest BCUT2D eigenvalue weighted by Crippen LogP contribution is -1.92. The number of benzene rings is 1. The number of ether oxygens (including phenoxy) is 1. The second-order valence-electron chi connectivity index (χ2n) is 3.37. The van der Waals surface area contributed by atoms with E-state index in [0.717, 1.165) is 5.56 Å². The Morgan fingerprint density at radius 2 is 2.07 bits per heavy atom. The van der Waals surface area contributed by atoms with Gasteiger partial charge in [-0.25, -0.2) is 0 Å². The molecule has 2 heterocycles. The maximum atomic E-state index is 9.71. The number of hydrogen-bond donors (Lipinski definition) is 2. The Morgan fingerprint density at radius 3 is 2.93 bits per heavy atom. The van der Waals surface area contributed by atoms with Gasteiger partial charge in [-0.1, -0.05) is 0 Å². The first-order valence-corrected chi connectivity index (χ1v) is 4.52. The van der Waals surface area contributed by atoms with Gasteiger partial charge in [0.25, 0.3) is 0 Å². The van der Waals surface area contributed by atoms with Gasteiger partial charge in [-0.3, -0.25) is 0 Å². The minimum Gasteiger partial charge on any atom is -0.504 e. The first kappa shape index (κ1) is 8.23. The maximum absolute atomic E-state index is 9.71. The van der Waals surface area contributed by atoms with E-state index in [1.165, 1.54) is 6.07 Å². The summed E-state index contributed by atoms with van der Waals surface area (Å²) in [6.07, 6.45) is 3.23. The molecule has 1 aliphatic heterocycles. The molecule has 1 aromatic heterocycles. The lowest BCUT2D eigenvalue weighted by atomic mass is 10.1. The molecule has 2 N–H and O–H groups in total. The molecule has 4 nitrogen and oxygen atoms in total. The molecule has 0 radical (unpaired) electrons. The van der Waals surface area contributed by atoms with Crippen molar-refractivity contribution in [3.05, 3.63) is 29.7 Å². The van der Waals surface area contributed by atoms with Crippen molar-refractivity contribution in [2.24, 2.45) is 0 Å². The van der Waals surface area contributed by atoms with Gasteiger partial charge in [-0.15, -0.1) is 0 Å². The molecular weight excluding hydrogens is 196 g/mol. The Hall–Kier alpha value is -2.10. The molecule has 0 fully saturated rings. The quantitative estimate of drug-likeness (QED) is 0.646. The Bertz CT molecular complexity index is 565. The van der Waals surface area contributed by atoms with Crippen LogP contribution in [0.5, 0.6) is 11.5 Å². The minimum atomic E-state index is -0.156. The molecule has 2 aromatic rings. The second-order valence-corrected chi connectivity index (χ2v) is 3.37. The molecule has 15 heavy (non-hydrogen) atoms. The van der Waals surface area contributed by atoms with Gasteiger partial charge in [0.15, 0.2) is 11.5 Å². The van der Waals surface area contributed by atoms with Gasteiger partial charge in [0, 0.05) is 11.6 Å². The first-order chi connectivity index (χ1) is 7.27. The number of fused-ring (bicyclic) bond motifs is 3. The SMILES string of the molecule is Oc1ccc2oc3c(c2c1O)COC=C3. The highest BCUT2D eigenvalue weighted by molar-refractivity contribution is 5.92. The van der Waals surface area contributed by atoms with Crippen LogP contribution in [-0.2, 0) is 11.3 Å². The molecule has 76 valence electrons. The number of rotatable bonds is 0. The number of phenolic OH excluding ortho intramolecular Hbond substituents is 2. The normalized spacial score (nSPS) is 13.9. The molecule has 0 unspecified atom stereocenters. The number of phenols is 2. The van der Waals surface area contributed by atoms with Crippen molar-refractivity contribution in [3.63, 3.8) is 0 Å². The summed E-state index contributed by atoms with van der Waals surface area (Å²) in [5, 5.41) is 19.6. The van der Waals surface area contributed by atoms with E-state index in [4.69, 9.17) is 9.15 Å². The van der Waals surface area contributed by atoms with Crippen LogP contribution in [0.1, 0.15) is 11.3 Å². The van der Waals surface area contributed by atoms with Crippen LogP contribution in [0.4, 0.5) is 0 Å². The average molecular weight is 204 g/mol. The van der Waals surface area contributed by atoms with E-state index in [9.17, 15) is 10.2 Å². The monoisotopic (exact) mass is 204 g/mol. The van der Waals surface area contributed by atoms with Gasteiger partial charge in [-0.05, 0) is 12.1 Å². The van der Waals surface area contributed by atoms with Crippen LogP contribution in [0.3, 0.4) is 0 Å². The Balaban J connectivity index is 2.44. The highest BCUT2D eigenvalue weighted by Gasteiger charge is 2.19. The third kappa shape index (κ3) is 1.01. The fourth-order valence-corrected chi connectivity index (χ4v) is 1.76. The summed E-state index contributed by atoms with van der Waals surface area (Å²) in [6, 6.07) is 3.02. The van der Waals surface area contributed by atoms with Crippen molar-refractivity contribution in [1.82, 2.24) is 0 Å². The fourth-order valence-electron chi connectivity index (χ4n) is 1.76. The molecule has 4 heteroatoms. The van der Waals surface area contributed by atoms with Crippen LogP contribution in [-0.4, -0.2) is 10.2 Å². The predicted molar refractivity (Wildman–Crippen MR) is 53.4 cm³/mol. The molecule has 3 rings (SSSR count). The second kappa shape index (κ2) is 2.70. The van der Waals surface area contributed by atoms with E-state index in [0.29, 0.717) is 23.3 Å². The Labute approximate surface area is 85.0 Å². The summed E-state index contributed by atoms with van der Waals surface area (Å²) < 4.78 is 10.6. The fraction of sp³-hybridized carbons (Fsp3) is 0.0909. The largest absolute Gasteiger partial charge is 0.504 e. The van der Waals surface area contributed by atoms with Crippen LogP contribution in [0.15, 0.2) is 22.8 Å². The topological polar surface area (TPSA) is 62.8 Å². The van der Waals surface area contributed by atoms with Gasteiger partial charge >= 0.3 is 0 Å². The molecule has 0 atom stereocenters. The van der Waals surface area contributed by atoms with Crippen LogP contribution < -0.4 is 0 Å². The predicted octanol–water partition coefficient (Wildman–Crippen LogP) is 2.34. The zero-order valence-electron chi connectivity index (χ0n) is 7.73. The van der Waals surface area contributed by atoms with Crippen molar-refractivity contribution in [2.75, 3.05) is 0 Å². The molecule has 1 aromatic carbocycles. The lowest BCUT2D eigenvalue weighted by Gasteiger charge is -2.06. The molecule has 0 saturated heterocycles. The van der Waals surface area contributed by atoms with E-state index in [-0.39, 0.29) is 11.5 Å². The number of aromatic hydroxyl groups is 2. The highest BCUT2D eigenvalue weighted by Crippen LogP contribution is 2.40. The molecule has 0 amide bonds. The number of furan rings is 1. The zero-order valence-corrected chi connectivity index (χ0v) is 7.73. The zero-order chi connectivity index (χ0) is 10.4. The van der Waals surface area contributed by atoms with E-state index in [1.54, 1.807) is 18.4 Å². The third-order valence-electron chi connectivity index (χ3n) is 2.48. The highest BCUT2D eigenvalue weighted by atomic mass is 16.5. The van der Waals surface area contributed by atoms with Crippen LogP contribution >= 0.6 is 0 Å². The van der Waals surface area contributed by atoms with Crippen LogP contribution in [0.25, 0.3) is 17.0 Å². The van der Waals surface area contributed by atoms with Crippen LogP contribution in [0.2, 0.25) is 0 Å². The van der Waals surface area contributed by atoms with Gasteiger partial charge in [0.1, 0.15) is 18.0 Å². The standard InChI is InChI=1S/C11H8O4/c12-7-1-2-9-10(11(7)13)6-5-14-4-3-8(6)15-9/h1-4,12-13H,5H2. The van der Waals surface area contributed by atoms with Crippen LogP contribution in [0, 0.1) is 0 Å². The first-order valence-electron chi connectivity index (χ1n) is 4.52. The molecule has 0 aliphatic carbocycles. The van der Waals surface area contributed by atoms with Crippen molar-refractivity contribution < 1.29 is 19.4 Å². The van der Waals surface area contributed by atoms with E-state index >= 15 is 0 Å². The van der Waals surface area contributed by atoms with E-state index in [1.807, 2.05) is 0 Å². The summed E-state index contributed by atoms with van der Waals surface area (Å²) in [5.41, 5.74) is 1.31. The maximum Gasteiger partial charge on any atom is 0.169 e. The molecule has 0 saturated carbocycles. The summed E-state index contributed by atoms with van der Waals surface area (Å²) in [5.74, 6) is 0.356. The van der Waals surface area contributed by atoms with Crippen molar-refractivity contribution in [3.8, 4) is 11.5 Å². The van der Waals surface area contributed by atoms with Gasteiger partial charge in [0.2, 0.25) is 0 Å². The molecule has 0 spiro atoms. The van der Waals surface area contributed by atoms with Gasteiger partial charge in [-0.2, -0.15) is 0 Å². The number of hydrogen-bond acceptors (Lipinski definition) is 4. The summed E-state index contributed by atoms with van der Waals surface area (Å²) >= 11 is 0. The summed E-state index contributed by atoms with van der Waals surface area (Å²) in [6.45, 7) is 0.343. The average Bonchev–Trinajstić information content (AvgIpc) is 2.62. The lowest BCUT2D eigenvalue weighted by molar-refractivity contribution is 0.233. The molecular formula is C11H8O4.